The predicted octanol–water partition coefficient (Wildman–Crippen LogP) is 3.97. The van der Waals surface area contributed by atoms with Crippen LogP contribution in [0.3, 0.4) is 0 Å². The van der Waals surface area contributed by atoms with E-state index in [0.29, 0.717) is 17.2 Å². The minimum atomic E-state index is -0.0511. The van der Waals surface area contributed by atoms with Gasteiger partial charge in [-0.2, -0.15) is 9.78 Å². The average Bonchev–Trinajstić information content (AvgIpc) is 3.28. The van der Waals surface area contributed by atoms with Gasteiger partial charge in [-0.05, 0) is 36.7 Å². The van der Waals surface area contributed by atoms with Gasteiger partial charge in [0.25, 0.3) is 5.95 Å². The molecule has 1 saturated heterocycles. The number of carbonyl (C=O) groups excluding carboxylic acids is 1. The Morgan fingerprint density at radius 3 is 2.59 bits per heavy atom. The Bertz CT molecular complexity index is 794. The molecule has 7 heteroatoms. The molecule has 3 heterocycles. The van der Waals surface area contributed by atoms with E-state index in [1.165, 1.54) is 32.1 Å². The number of aromatic nitrogens is 4. The smallest absolute Gasteiger partial charge is 0.323 e. The second kappa shape index (κ2) is 7.29. The molecule has 7 nitrogen and oxygen atoms in total. The van der Waals surface area contributed by atoms with E-state index in [2.05, 4.69) is 34.2 Å². The molecule has 2 aromatic rings. The molecule has 1 aliphatic heterocycles. The molecule has 0 atom stereocenters. The fourth-order valence-electron chi connectivity index (χ4n) is 4.33. The molecule has 144 valence electrons. The Kier molecular flexibility index (Phi) is 4.85. The zero-order chi connectivity index (χ0) is 18.9. The number of hydrogen-bond acceptors (Lipinski definition) is 4. The fraction of sp³-hybridized carbons (Fsp3) is 0.600. The highest BCUT2D eigenvalue weighted by Gasteiger charge is 2.40. The minimum Gasteiger partial charge on any atom is -0.324 e. The minimum absolute atomic E-state index is 0.0511. The highest BCUT2D eigenvalue weighted by molar-refractivity contribution is 5.89. The van der Waals surface area contributed by atoms with Gasteiger partial charge in [-0.3, -0.25) is 5.32 Å². The summed E-state index contributed by atoms with van der Waals surface area (Å²) in [6.45, 7) is 5.86. The highest BCUT2D eigenvalue weighted by Crippen LogP contribution is 2.43. The standard InChI is InChI=1S/C20H28N6O/c1-15(2)16-13-17(26(24-16)18-21-10-6-11-22-18)23-19(27)25-12-9-20(14-25)7-4-3-5-8-20/h6,10-11,13,15H,3-5,7-9,12,14H2,1-2H3,(H,23,27). The molecule has 0 radical (unpaired) electrons. The van der Waals surface area contributed by atoms with Crippen LogP contribution in [-0.2, 0) is 0 Å². The van der Waals surface area contributed by atoms with Gasteiger partial charge >= 0.3 is 6.03 Å². The first-order chi connectivity index (χ1) is 13.1. The number of rotatable bonds is 3. The summed E-state index contributed by atoms with van der Waals surface area (Å²) >= 11 is 0. The van der Waals surface area contributed by atoms with E-state index < -0.39 is 0 Å². The predicted molar refractivity (Wildman–Crippen MR) is 104 cm³/mol. The van der Waals surface area contributed by atoms with Crippen LogP contribution in [0.15, 0.2) is 24.5 Å². The van der Waals surface area contributed by atoms with Gasteiger partial charge < -0.3 is 4.90 Å². The van der Waals surface area contributed by atoms with Crippen molar-refractivity contribution in [3.05, 3.63) is 30.2 Å². The molecule has 2 aliphatic rings. The first-order valence-corrected chi connectivity index (χ1v) is 10.00. The maximum atomic E-state index is 12.9. The summed E-state index contributed by atoms with van der Waals surface area (Å²) < 4.78 is 1.62. The zero-order valence-electron chi connectivity index (χ0n) is 16.2. The lowest BCUT2D eigenvalue weighted by Gasteiger charge is -2.33. The SMILES string of the molecule is CC(C)c1cc(NC(=O)N2CCC3(CCCCC3)C2)n(-c2ncccn2)n1. The van der Waals surface area contributed by atoms with E-state index in [-0.39, 0.29) is 11.9 Å². The lowest BCUT2D eigenvalue weighted by atomic mass is 9.73. The van der Waals surface area contributed by atoms with Crippen LogP contribution in [-0.4, -0.2) is 43.8 Å². The van der Waals surface area contributed by atoms with Crippen molar-refractivity contribution in [2.45, 2.75) is 58.3 Å². The lowest BCUT2D eigenvalue weighted by Crippen LogP contribution is -2.36. The third-order valence-electron chi connectivity index (χ3n) is 5.94. The Morgan fingerprint density at radius 1 is 1.15 bits per heavy atom. The molecule has 0 aromatic carbocycles. The van der Waals surface area contributed by atoms with Crippen molar-refractivity contribution in [3.8, 4) is 5.95 Å². The largest absolute Gasteiger partial charge is 0.324 e. The summed E-state index contributed by atoms with van der Waals surface area (Å²) in [5.74, 6) is 1.34. The van der Waals surface area contributed by atoms with E-state index in [1.807, 2.05) is 11.0 Å². The number of likely N-dealkylation sites (tertiary alicyclic amines) is 1. The van der Waals surface area contributed by atoms with Gasteiger partial charge in [-0.15, -0.1) is 0 Å². The van der Waals surface area contributed by atoms with Crippen molar-refractivity contribution in [1.29, 1.82) is 0 Å². The van der Waals surface area contributed by atoms with Crippen molar-refractivity contribution in [1.82, 2.24) is 24.6 Å². The molecule has 4 rings (SSSR count). The van der Waals surface area contributed by atoms with Crippen LogP contribution in [0.25, 0.3) is 5.95 Å². The maximum absolute atomic E-state index is 12.9. The van der Waals surface area contributed by atoms with Crippen LogP contribution in [0.2, 0.25) is 0 Å². The summed E-state index contributed by atoms with van der Waals surface area (Å²) in [6.07, 6.45) is 10.9. The van der Waals surface area contributed by atoms with Gasteiger partial charge in [0.1, 0.15) is 5.82 Å². The number of carbonyl (C=O) groups is 1. The fourth-order valence-corrected chi connectivity index (χ4v) is 4.33. The van der Waals surface area contributed by atoms with E-state index in [1.54, 1.807) is 23.1 Å². The van der Waals surface area contributed by atoms with Gasteiger partial charge in [0.05, 0.1) is 5.69 Å². The summed E-state index contributed by atoms with van der Waals surface area (Å²) in [5, 5.41) is 7.66. The number of urea groups is 1. The molecule has 0 unspecified atom stereocenters. The molecule has 1 saturated carbocycles. The molecular weight excluding hydrogens is 340 g/mol. The van der Waals surface area contributed by atoms with Crippen LogP contribution in [0.5, 0.6) is 0 Å². The second-order valence-electron chi connectivity index (χ2n) is 8.23. The zero-order valence-corrected chi connectivity index (χ0v) is 16.2. The molecule has 1 spiro atoms. The Balaban J connectivity index is 1.53. The van der Waals surface area contributed by atoms with Crippen LogP contribution >= 0.6 is 0 Å². The summed E-state index contributed by atoms with van der Waals surface area (Å²) in [5.41, 5.74) is 1.25. The molecule has 1 N–H and O–H groups in total. The van der Waals surface area contributed by atoms with Crippen molar-refractivity contribution in [2.75, 3.05) is 18.4 Å². The molecular formula is C20H28N6O. The monoisotopic (exact) mass is 368 g/mol. The van der Waals surface area contributed by atoms with Gasteiger partial charge in [-0.25, -0.2) is 14.8 Å². The lowest BCUT2D eigenvalue weighted by molar-refractivity contribution is 0.184. The second-order valence-corrected chi connectivity index (χ2v) is 8.23. The number of hydrogen-bond donors (Lipinski definition) is 1. The van der Waals surface area contributed by atoms with Crippen molar-refractivity contribution >= 4 is 11.8 Å². The molecule has 2 aromatic heterocycles. The van der Waals surface area contributed by atoms with E-state index in [9.17, 15) is 4.79 Å². The average molecular weight is 368 g/mol. The van der Waals surface area contributed by atoms with E-state index in [4.69, 9.17) is 0 Å². The highest BCUT2D eigenvalue weighted by atomic mass is 16.2. The molecule has 27 heavy (non-hydrogen) atoms. The normalized spacial score (nSPS) is 19.0. The summed E-state index contributed by atoms with van der Waals surface area (Å²) in [6, 6.07) is 3.64. The molecule has 0 bridgehead atoms. The van der Waals surface area contributed by atoms with Gasteiger partial charge in [0.2, 0.25) is 0 Å². The first kappa shape index (κ1) is 17.9. The molecule has 2 amide bonds. The number of nitrogens with zero attached hydrogens (tertiary/aromatic N) is 5. The Labute approximate surface area is 160 Å². The topological polar surface area (TPSA) is 75.9 Å². The third kappa shape index (κ3) is 3.68. The molecule has 2 fully saturated rings. The van der Waals surface area contributed by atoms with E-state index in [0.717, 1.165) is 25.2 Å². The van der Waals surface area contributed by atoms with Crippen molar-refractivity contribution < 1.29 is 4.79 Å². The van der Waals surface area contributed by atoms with Crippen molar-refractivity contribution in [3.63, 3.8) is 0 Å². The summed E-state index contributed by atoms with van der Waals surface area (Å²) in [7, 11) is 0. The van der Waals surface area contributed by atoms with Crippen LogP contribution in [0.1, 0.15) is 64.0 Å². The van der Waals surface area contributed by atoms with Gasteiger partial charge in [0.15, 0.2) is 0 Å². The van der Waals surface area contributed by atoms with E-state index >= 15 is 0 Å². The maximum Gasteiger partial charge on any atom is 0.323 e. The molecule has 1 aliphatic carbocycles. The van der Waals surface area contributed by atoms with Crippen molar-refractivity contribution in [2.24, 2.45) is 5.41 Å². The Hall–Kier alpha value is -2.44. The van der Waals surface area contributed by atoms with Gasteiger partial charge in [-0.1, -0.05) is 33.1 Å². The van der Waals surface area contributed by atoms with Crippen LogP contribution in [0, 0.1) is 5.41 Å². The number of amides is 2. The quantitative estimate of drug-likeness (QED) is 0.889. The van der Waals surface area contributed by atoms with Gasteiger partial charge in [0, 0.05) is 31.5 Å². The number of nitrogens with one attached hydrogen (secondary N) is 1. The third-order valence-corrected chi connectivity index (χ3v) is 5.94. The number of anilines is 1. The van der Waals surface area contributed by atoms with Crippen LogP contribution in [0.4, 0.5) is 10.6 Å². The Morgan fingerprint density at radius 2 is 1.89 bits per heavy atom. The summed E-state index contributed by atoms with van der Waals surface area (Å²) in [4.78, 5) is 23.5. The van der Waals surface area contributed by atoms with Crippen LogP contribution < -0.4 is 5.32 Å². The first-order valence-electron chi connectivity index (χ1n) is 10.00.